The molecule has 0 aliphatic carbocycles. The van der Waals surface area contributed by atoms with Crippen molar-refractivity contribution < 1.29 is 9.47 Å². The molecule has 7 nitrogen and oxygen atoms in total. The maximum absolute atomic E-state index is 12.1. The van der Waals surface area contributed by atoms with Gasteiger partial charge in [-0.3, -0.25) is 9.78 Å². The van der Waals surface area contributed by atoms with E-state index in [0.717, 1.165) is 11.4 Å². The molecule has 0 aliphatic heterocycles. The third-order valence-electron chi connectivity index (χ3n) is 4.00. The number of ether oxygens (including phenoxy) is 2. The van der Waals surface area contributed by atoms with Crippen molar-refractivity contribution >= 4 is 22.3 Å². The van der Waals surface area contributed by atoms with Gasteiger partial charge in [0.15, 0.2) is 0 Å². The monoisotopic (exact) mass is 372 g/mol. The Kier molecular flexibility index (Phi) is 4.79. The topological polar surface area (TPSA) is 88.9 Å². The molecule has 138 valence electrons. The Morgan fingerprint density at radius 1 is 0.821 bits per heavy atom. The van der Waals surface area contributed by atoms with Crippen LogP contribution in [0.2, 0.25) is 0 Å². The van der Waals surface area contributed by atoms with Crippen LogP contribution in [0.1, 0.15) is 0 Å². The smallest absolute Gasteiger partial charge is 0.302 e. The molecule has 0 atom stereocenters. The van der Waals surface area contributed by atoms with Crippen LogP contribution in [0.3, 0.4) is 0 Å². The molecule has 4 aromatic rings. The van der Waals surface area contributed by atoms with Gasteiger partial charge in [0.05, 0.1) is 29.4 Å². The number of H-pyrrole nitrogens is 1. The Labute approximate surface area is 160 Å². The van der Waals surface area contributed by atoms with Gasteiger partial charge in [0, 0.05) is 0 Å². The first kappa shape index (κ1) is 17.4. The quantitative estimate of drug-likeness (QED) is 0.491. The van der Waals surface area contributed by atoms with E-state index in [9.17, 15) is 4.79 Å². The molecule has 0 saturated heterocycles. The van der Waals surface area contributed by atoms with Gasteiger partial charge in [-0.15, -0.1) is 0 Å². The number of hydrogen-bond donors (Lipinski definition) is 1. The van der Waals surface area contributed by atoms with E-state index in [1.54, 1.807) is 49.6 Å². The average molecular weight is 372 g/mol. The highest BCUT2D eigenvalue weighted by molar-refractivity contribution is 5.77. The van der Waals surface area contributed by atoms with Crippen LogP contribution in [0.4, 0.5) is 11.4 Å². The number of aromatic nitrogens is 2. The van der Waals surface area contributed by atoms with Crippen LogP contribution in [-0.4, -0.2) is 17.1 Å². The zero-order valence-corrected chi connectivity index (χ0v) is 15.0. The van der Waals surface area contributed by atoms with Gasteiger partial charge in [0.2, 0.25) is 0 Å². The van der Waals surface area contributed by atoms with Crippen molar-refractivity contribution in [3.8, 4) is 17.5 Å². The molecule has 0 amide bonds. The molecule has 28 heavy (non-hydrogen) atoms. The predicted octanol–water partition coefficient (Wildman–Crippen LogP) is 5.14. The third kappa shape index (κ3) is 3.88. The number of nitrogens with zero attached hydrogens (tertiary/aromatic N) is 3. The lowest BCUT2D eigenvalue weighted by Gasteiger charge is -2.05. The SMILES string of the molecule is COc1ccc(N=Nc2ccc(Oc3nc4ccccc4c(=O)[nH]3)cc2)cc1. The summed E-state index contributed by atoms with van der Waals surface area (Å²) in [4.78, 5) is 19.0. The van der Waals surface area contributed by atoms with Crippen molar-refractivity contribution in [3.05, 3.63) is 83.2 Å². The van der Waals surface area contributed by atoms with Crippen molar-refractivity contribution in [1.82, 2.24) is 9.97 Å². The summed E-state index contributed by atoms with van der Waals surface area (Å²) in [6.07, 6.45) is 0. The van der Waals surface area contributed by atoms with Crippen molar-refractivity contribution in [2.45, 2.75) is 0 Å². The number of rotatable bonds is 5. The van der Waals surface area contributed by atoms with Gasteiger partial charge >= 0.3 is 6.01 Å². The fourth-order valence-corrected chi connectivity index (χ4v) is 2.57. The lowest BCUT2D eigenvalue weighted by atomic mass is 10.2. The lowest BCUT2D eigenvalue weighted by molar-refractivity contribution is 0.415. The minimum absolute atomic E-state index is 0.135. The predicted molar refractivity (Wildman–Crippen MR) is 106 cm³/mol. The highest BCUT2D eigenvalue weighted by Crippen LogP contribution is 2.24. The molecule has 1 heterocycles. The second-order valence-electron chi connectivity index (χ2n) is 5.88. The summed E-state index contributed by atoms with van der Waals surface area (Å²) < 4.78 is 10.8. The molecule has 0 saturated carbocycles. The standard InChI is InChI=1S/C21H16N4O3/c1-27-16-10-6-14(7-11-16)24-25-15-8-12-17(13-9-15)28-21-22-19-5-3-2-4-18(19)20(26)23-21/h2-13H,1H3,(H,22,23,26). The fourth-order valence-electron chi connectivity index (χ4n) is 2.57. The number of fused-ring (bicyclic) bond motifs is 1. The minimum Gasteiger partial charge on any atom is -0.497 e. The molecule has 4 rings (SSSR count). The maximum atomic E-state index is 12.1. The van der Waals surface area contributed by atoms with Crippen LogP contribution < -0.4 is 15.0 Å². The van der Waals surface area contributed by atoms with E-state index in [4.69, 9.17) is 9.47 Å². The van der Waals surface area contributed by atoms with E-state index >= 15 is 0 Å². The Morgan fingerprint density at radius 3 is 2.07 bits per heavy atom. The van der Waals surface area contributed by atoms with Crippen molar-refractivity contribution in [2.24, 2.45) is 10.2 Å². The van der Waals surface area contributed by atoms with Gasteiger partial charge in [-0.25, -0.2) is 0 Å². The third-order valence-corrected chi connectivity index (χ3v) is 4.00. The largest absolute Gasteiger partial charge is 0.497 e. The summed E-state index contributed by atoms with van der Waals surface area (Å²) in [6.45, 7) is 0. The first-order chi connectivity index (χ1) is 13.7. The number of methoxy groups -OCH3 is 1. The molecule has 0 unspecified atom stereocenters. The van der Waals surface area contributed by atoms with Crippen LogP contribution in [0, 0.1) is 0 Å². The van der Waals surface area contributed by atoms with Gasteiger partial charge in [-0.2, -0.15) is 15.2 Å². The van der Waals surface area contributed by atoms with Gasteiger partial charge < -0.3 is 9.47 Å². The molecule has 0 aliphatic rings. The number of aromatic amines is 1. The number of hydrogen-bond acceptors (Lipinski definition) is 6. The highest BCUT2D eigenvalue weighted by atomic mass is 16.5. The van der Waals surface area contributed by atoms with Crippen LogP contribution in [0.5, 0.6) is 17.5 Å². The van der Waals surface area contributed by atoms with Crippen LogP contribution in [0.15, 0.2) is 87.8 Å². The van der Waals surface area contributed by atoms with Crippen LogP contribution >= 0.6 is 0 Å². The van der Waals surface area contributed by atoms with E-state index < -0.39 is 0 Å². The summed E-state index contributed by atoms with van der Waals surface area (Å²) in [5, 5.41) is 8.89. The zero-order chi connectivity index (χ0) is 19.3. The van der Waals surface area contributed by atoms with Crippen molar-refractivity contribution in [1.29, 1.82) is 0 Å². The molecule has 0 fully saturated rings. The van der Waals surface area contributed by atoms with E-state index in [0.29, 0.717) is 22.3 Å². The Bertz CT molecular complexity index is 1180. The molecular weight excluding hydrogens is 356 g/mol. The molecule has 7 heteroatoms. The Balaban J connectivity index is 1.48. The number of benzene rings is 3. The van der Waals surface area contributed by atoms with E-state index in [-0.39, 0.29) is 11.6 Å². The number of para-hydroxylation sites is 1. The second kappa shape index (κ2) is 7.71. The average Bonchev–Trinajstić information content (AvgIpc) is 2.74. The van der Waals surface area contributed by atoms with Gasteiger partial charge in [0.1, 0.15) is 11.5 Å². The molecule has 1 aromatic heterocycles. The summed E-state index contributed by atoms with van der Waals surface area (Å²) in [7, 11) is 1.61. The Hall–Kier alpha value is -4.00. The summed E-state index contributed by atoms with van der Waals surface area (Å²) in [5.74, 6) is 1.29. The molecule has 1 N–H and O–H groups in total. The summed E-state index contributed by atoms with van der Waals surface area (Å²) in [5.41, 5.74) is 1.72. The van der Waals surface area contributed by atoms with Gasteiger partial charge in [0.25, 0.3) is 5.56 Å². The fraction of sp³-hybridized carbons (Fsp3) is 0.0476. The zero-order valence-electron chi connectivity index (χ0n) is 15.0. The van der Waals surface area contributed by atoms with E-state index in [2.05, 4.69) is 20.2 Å². The number of nitrogens with one attached hydrogen (secondary N) is 1. The normalized spacial score (nSPS) is 11.0. The van der Waals surface area contributed by atoms with Crippen LogP contribution in [0.25, 0.3) is 10.9 Å². The summed E-state index contributed by atoms with van der Waals surface area (Å²) >= 11 is 0. The number of azo groups is 1. The summed E-state index contributed by atoms with van der Waals surface area (Å²) in [6, 6.07) is 21.5. The molecule has 0 radical (unpaired) electrons. The second-order valence-corrected chi connectivity index (χ2v) is 5.88. The maximum Gasteiger partial charge on any atom is 0.302 e. The Morgan fingerprint density at radius 2 is 1.43 bits per heavy atom. The first-order valence-electron chi connectivity index (χ1n) is 8.54. The molecule has 3 aromatic carbocycles. The minimum atomic E-state index is -0.245. The molecule has 0 bridgehead atoms. The van der Waals surface area contributed by atoms with Crippen LogP contribution in [-0.2, 0) is 0 Å². The molecular formula is C21H16N4O3. The van der Waals surface area contributed by atoms with E-state index in [1.165, 1.54) is 0 Å². The highest BCUT2D eigenvalue weighted by Gasteiger charge is 2.05. The van der Waals surface area contributed by atoms with Crippen molar-refractivity contribution in [3.63, 3.8) is 0 Å². The van der Waals surface area contributed by atoms with Gasteiger partial charge in [-0.05, 0) is 60.7 Å². The first-order valence-corrected chi connectivity index (χ1v) is 8.54. The van der Waals surface area contributed by atoms with E-state index in [1.807, 2.05) is 30.3 Å². The molecule has 0 spiro atoms. The lowest BCUT2D eigenvalue weighted by Crippen LogP contribution is -2.09. The van der Waals surface area contributed by atoms with Gasteiger partial charge in [-0.1, -0.05) is 12.1 Å². The van der Waals surface area contributed by atoms with Crippen molar-refractivity contribution in [2.75, 3.05) is 7.11 Å².